The minimum absolute atomic E-state index is 0.471. The van der Waals surface area contributed by atoms with Gasteiger partial charge in [-0.15, -0.1) is 0 Å². The predicted molar refractivity (Wildman–Crippen MR) is 83.9 cm³/mol. The van der Waals surface area contributed by atoms with Crippen molar-refractivity contribution in [1.82, 2.24) is 5.43 Å². The Labute approximate surface area is 128 Å². The molecule has 2 aromatic rings. The van der Waals surface area contributed by atoms with E-state index < -0.39 is 0 Å². The van der Waals surface area contributed by atoms with Gasteiger partial charge in [0.05, 0.1) is 19.9 Å². The van der Waals surface area contributed by atoms with Crippen molar-refractivity contribution >= 4 is 29.4 Å². The van der Waals surface area contributed by atoms with Crippen LogP contribution in [0.4, 0.5) is 0 Å². The molecule has 104 valence electrons. The van der Waals surface area contributed by atoms with Crippen LogP contribution in [0.5, 0.6) is 5.75 Å². The molecule has 0 unspecified atom stereocenters. The SMILES string of the molecule is COc1cccc(/C=N\NCc2c(Cl)cccc2Cl)c1. The molecule has 0 saturated carbocycles. The lowest BCUT2D eigenvalue weighted by Crippen LogP contribution is -2.06. The molecule has 0 amide bonds. The van der Waals surface area contributed by atoms with Crippen LogP contribution in [0.2, 0.25) is 10.0 Å². The fourth-order valence-electron chi connectivity index (χ4n) is 1.67. The molecule has 0 aliphatic heterocycles. The first-order valence-corrected chi connectivity index (χ1v) is 6.79. The van der Waals surface area contributed by atoms with Gasteiger partial charge in [-0.1, -0.05) is 41.4 Å². The Morgan fingerprint density at radius 2 is 1.85 bits per heavy atom. The number of benzene rings is 2. The van der Waals surface area contributed by atoms with E-state index in [0.29, 0.717) is 16.6 Å². The van der Waals surface area contributed by atoms with E-state index in [2.05, 4.69) is 10.5 Å². The van der Waals surface area contributed by atoms with Gasteiger partial charge in [-0.25, -0.2) is 0 Å². The number of hydrazone groups is 1. The number of methoxy groups -OCH3 is 1. The highest BCUT2D eigenvalue weighted by Crippen LogP contribution is 2.23. The Morgan fingerprint density at radius 1 is 1.15 bits per heavy atom. The van der Waals surface area contributed by atoms with Gasteiger partial charge < -0.3 is 10.2 Å². The lowest BCUT2D eigenvalue weighted by Gasteiger charge is -2.06. The maximum atomic E-state index is 6.07. The van der Waals surface area contributed by atoms with Gasteiger partial charge in [0.2, 0.25) is 0 Å². The van der Waals surface area contributed by atoms with E-state index in [1.807, 2.05) is 30.3 Å². The first kappa shape index (κ1) is 14.7. The lowest BCUT2D eigenvalue weighted by molar-refractivity contribution is 0.414. The van der Waals surface area contributed by atoms with Crippen molar-refractivity contribution in [2.24, 2.45) is 5.10 Å². The summed E-state index contributed by atoms with van der Waals surface area (Å²) in [6.45, 7) is 0.471. The van der Waals surface area contributed by atoms with Crippen LogP contribution in [-0.2, 0) is 6.54 Å². The van der Waals surface area contributed by atoms with E-state index in [1.165, 1.54) is 0 Å². The second-order valence-corrected chi connectivity index (χ2v) is 4.88. The number of rotatable bonds is 5. The highest BCUT2D eigenvalue weighted by atomic mass is 35.5. The van der Waals surface area contributed by atoms with Gasteiger partial charge >= 0.3 is 0 Å². The Kier molecular flexibility index (Phi) is 5.27. The van der Waals surface area contributed by atoms with Gasteiger partial charge in [-0.3, -0.25) is 0 Å². The lowest BCUT2D eigenvalue weighted by atomic mass is 10.2. The number of nitrogens with one attached hydrogen (secondary N) is 1. The van der Waals surface area contributed by atoms with Crippen molar-refractivity contribution in [3.05, 3.63) is 63.6 Å². The molecule has 1 N–H and O–H groups in total. The minimum atomic E-state index is 0.471. The zero-order valence-electron chi connectivity index (χ0n) is 10.9. The summed E-state index contributed by atoms with van der Waals surface area (Å²) >= 11 is 12.1. The first-order valence-electron chi connectivity index (χ1n) is 6.03. The van der Waals surface area contributed by atoms with Gasteiger partial charge in [0.1, 0.15) is 5.75 Å². The smallest absolute Gasteiger partial charge is 0.119 e. The summed E-state index contributed by atoms with van der Waals surface area (Å²) in [5, 5.41) is 5.40. The Bertz CT molecular complexity index is 594. The summed E-state index contributed by atoms with van der Waals surface area (Å²) in [5.41, 5.74) is 4.71. The Hall–Kier alpha value is -1.71. The van der Waals surface area contributed by atoms with E-state index >= 15 is 0 Å². The molecule has 0 aliphatic carbocycles. The van der Waals surface area contributed by atoms with Crippen LogP contribution in [0.1, 0.15) is 11.1 Å². The van der Waals surface area contributed by atoms with Crippen molar-refractivity contribution in [1.29, 1.82) is 0 Å². The van der Waals surface area contributed by atoms with Gasteiger partial charge in [0.25, 0.3) is 0 Å². The van der Waals surface area contributed by atoms with Crippen LogP contribution in [0.15, 0.2) is 47.6 Å². The van der Waals surface area contributed by atoms with Crippen LogP contribution >= 0.6 is 23.2 Å². The summed E-state index contributed by atoms with van der Waals surface area (Å²) < 4.78 is 5.14. The zero-order chi connectivity index (χ0) is 14.4. The molecular formula is C15H14Cl2N2O. The molecule has 0 heterocycles. The number of halogens is 2. The molecule has 0 saturated heterocycles. The summed E-state index contributed by atoms with van der Waals surface area (Å²) in [6, 6.07) is 13.0. The van der Waals surface area contributed by atoms with Gasteiger partial charge in [-0.2, -0.15) is 5.10 Å². The van der Waals surface area contributed by atoms with Crippen molar-refractivity contribution in [3.8, 4) is 5.75 Å². The molecule has 3 nitrogen and oxygen atoms in total. The second-order valence-electron chi connectivity index (χ2n) is 4.07. The zero-order valence-corrected chi connectivity index (χ0v) is 12.4. The third-order valence-electron chi connectivity index (χ3n) is 2.72. The summed E-state index contributed by atoms with van der Waals surface area (Å²) in [4.78, 5) is 0. The Balaban J connectivity index is 1.97. The fraction of sp³-hybridized carbons (Fsp3) is 0.133. The van der Waals surface area contributed by atoms with Crippen LogP contribution in [0, 0.1) is 0 Å². The van der Waals surface area contributed by atoms with Crippen LogP contribution in [0.3, 0.4) is 0 Å². The predicted octanol–water partition coefficient (Wildman–Crippen LogP) is 4.13. The standard InChI is InChI=1S/C15H14Cl2N2O/c1-20-12-5-2-4-11(8-12)9-18-19-10-13-14(16)6-3-7-15(13)17/h2-9,19H,10H2,1H3/b18-9-. The molecule has 5 heteroatoms. The molecule has 2 rings (SSSR count). The van der Waals surface area contributed by atoms with E-state index in [-0.39, 0.29) is 0 Å². The molecule has 0 fully saturated rings. The quantitative estimate of drug-likeness (QED) is 0.665. The monoisotopic (exact) mass is 308 g/mol. The largest absolute Gasteiger partial charge is 0.497 e. The van der Waals surface area contributed by atoms with E-state index in [4.69, 9.17) is 27.9 Å². The maximum absolute atomic E-state index is 6.07. The van der Waals surface area contributed by atoms with Gasteiger partial charge in [-0.05, 0) is 29.8 Å². The fourth-order valence-corrected chi connectivity index (χ4v) is 2.20. The van der Waals surface area contributed by atoms with Crippen molar-refractivity contribution in [3.63, 3.8) is 0 Å². The molecule has 0 atom stereocenters. The highest BCUT2D eigenvalue weighted by molar-refractivity contribution is 6.35. The average molecular weight is 309 g/mol. The summed E-state index contributed by atoms with van der Waals surface area (Å²) in [6.07, 6.45) is 1.72. The maximum Gasteiger partial charge on any atom is 0.119 e. The van der Waals surface area contributed by atoms with Crippen LogP contribution < -0.4 is 10.2 Å². The van der Waals surface area contributed by atoms with E-state index in [1.54, 1.807) is 25.5 Å². The van der Waals surface area contributed by atoms with E-state index in [0.717, 1.165) is 16.9 Å². The van der Waals surface area contributed by atoms with Crippen LogP contribution in [-0.4, -0.2) is 13.3 Å². The number of ether oxygens (including phenoxy) is 1. The number of nitrogens with zero attached hydrogens (tertiary/aromatic N) is 1. The molecule has 0 bridgehead atoms. The molecule has 0 radical (unpaired) electrons. The highest BCUT2D eigenvalue weighted by Gasteiger charge is 2.03. The summed E-state index contributed by atoms with van der Waals surface area (Å²) in [5.74, 6) is 0.795. The molecule has 0 aromatic heterocycles. The van der Waals surface area contributed by atoms with Crippen molar-refractivity contribution in [2.45, 2.75) is 6.54 Å². The molecular weight excluding hydrogens is 295 g/mol. The molecule has 0 spiro atoms. The van der Waals surface area contributed by atoms with Gasteiger partial charge in [0, 0.05) is 15.6 Å². The molecule has 0 aliphatic rings. The van der Waals surface area contributed by atoms with Crippen molar-refractivity contribution < 1.29 is 4.74 Å². The van der Waals surface area contributed by atoms with E-state index in [9.17, 15) is 0 Å². The molecule has 2 aromatic carbocycles. The average Bonchev–Trinajstić information content (AvgIpc) is 2.46. The summed E-state index contributed by atoms with van der Waals surface area (Å²) in [7, 11) is 1.63. The normalized spacial score (nSPS) is 10.8. The molecule has 20 heavy (non-hydrogen) atoms. The third kappa shape index (κ3) is 3.89. The van der Waals surface area contributed by atoms with Crippen molar-refractivity contribution in [2.75, 3.05) is 7.11 Å². The van der Waals surface area contributed by atoms with Gasteiger partial charge in [0.15, 0.2) is 0 Å². The van der Waals surface area contributed by atoms with Crippen LogP contribution in [0.25, 0.3) is 0 Å². The minimum Gasteiger partial charge on any atom is -0.497 e. The number of hydrogen-bond acceptors (Lipinski definition) is 3. The first-order chi connectivity index (χ1) is 9.70. The second kappa shape index (κ2) is 7.17. The third-order valence-corrected chi connectivity index (χ3v) is 3.42. The number of hydrogen-bond donors (Lipinski definition) is 1. The topological polar surface area (TPSA) is 33.6 Å². The Morgan fingerprint density at radius 3 is 2.55 bits per heavy atom.